The molecule has 1 aromatic rings. The summed E-state index contributed by atoms with van der Waals surface area (Å²) in [5.74, 6) is 0.374. The molecule has 1 N–H and O–H groups in total. The summed E-state index contributed by atoms with van der Waals surface area (Å²) in [6, 6.07) is 3.53. The fourth-order valence-corrected chi connectivity index (χ4v) is 2.56. The van der Waals surface area contributed by atoms with Crippen molar-refractivity contribution in [2.45, 2.75) is 39.2 Å². The average molecular weight is 278 g/mol. The Labute approximate surface area is 119 Å². The Bertz CT molecular complexity index is 472. The van der Waals surface area contributed by atoms with E-state index in [0.717, 1.165) is 18.8 Å². The van der Waals surface area contributed by atoms with E-state index in [0.29, 0.717) is 18.4 Å². The van der Waals surface area contributed by atoms with Crippen LogP contribution in [0.2, 0.25) is 0 Å². The highest BCUT2D eigenvalue weighted by atomic mass is 16.6. The largest absolute Gasteiger partial charge is 0.363 e. The number of piperidine rings is 1. The van der Waals surface area contributed by atoms with Crippen molar-refractivity contribution in [3.8, 4) is 0 Å². The van der Waals surface area contributed by atoms with Crippen LogP contribution in [0.1, 0.15) is 31.9 Å². The molecule has 1 aromatic heterocycles. The molecule has 0 aliphatic carbocycles. The maximum Gasteiger partial charge on any atom is 0.311 e. The van der Waals surface area contributed by atoms with Gasteiger partial charge in [0.25, 0.3) is 0 Å². The fourth-order valence-electron chi connectivity index (χ4n) is 2.56. The van der Waals surface area contributed by atoms with Crippen molar-refractivity contribution >= 4 is 11.5 Å². The molecule has 1 aliphatic heterocycles. The number of nitrogens with zero attached hydrogens (tertiary/aromatic N) is 3. The first-order valence-electron chi connectivity index (χ1n) is 7.18. The third kappa shape index (κ3) is 3.66. The molecule has 0 spiro atoms. The van der Waals surface area contributed by atoms with Gasteiger partial charge in [-0.05, 0) is 45.8 Å². The molecule has 20 heavy (non-hydrogen) atoms. The minimum absolute atomic E-state index is 0.0430. The van der Waals surface area contributed by atoms with Gasteiger partial charge in [0.05, 0.1) is 4.92 Å². The van der Waals surface area contributed by atoms with E-state index < -0.39 is 0 Å². The van der Waals surface area contributed by atoms with Crippen LogP contribution in [0.5, 0.6) is 0 Å². The van der Waals surface area contributed by atoms with Crippen molar-refractivity contribution in [3.05, 3.63) is 27.9 Å². The molecule has 1 aliphatic rings. The van der Waals surface area contributed by atoms with E-state index >= 15 is 0 Å². The molecular formula is C14H22N4O2. The van der Waals surface area contributed by atoms with Crippen molar-refractivity contribution in [2.75, 3.05) is 25.0 Å². The molecule has 1 saturated heterocycles. The predicted molar refractivity (Wildman–Crippen MR) is 79.0 cm³/mol. The second-order valence-electron chi connectivity index (χ2n) is 5.40. The maximum absolute atomic E-state index is 11.0. The summed E-state index contributed by atoms with van der Waals surface area (Å²) in [7, 11) is 0. The van der Waals surface area contributed by atoms with E-state index in [1.165, 1.54) is 25.3 Å². The molecule has 0 radical (unpaired) electrons. The Hall–Kier alpha value is -1.69. The lowest BCUT2D eigenvalue weighted by atomic mass is 10.1. The Morgan fingerprint density at radius 2 is 2.10 bits per heavy atom. The summed E-state index contributed by atoms with van der Waals surface area (Å²) in [5.41, 5.74) is 0.824. The van der Waals surface area contributed by atoms with E-state index in [-0.39, 0.29) is 10.6 Å². The molecule has 0 amide bonds. The number of nitro groups is 1. The van der Waals surface area contributed by atoms with E-state index in [4.69, 9.17) is 0 Å². The smallest absolute Gasteiger partial charge is 0.311 e. The second-order valence-corrected chi connectivity index (χ2v) is 5.40. The third-order valence-corrected chi connectivity index (χ3v) is 3.79. The fraction of sp³-hybridized carbons (Fsp3) is 0.643. The molecule has 0 aromatic carbocycles. The van der Waals surface area contributed by atoms with E-state index in [1.807, 2.05) is 6.92 Å². The predicted octanol–water partition coefficient (Wildman–Crippen LogP) is 2.58. The average Bonchev–Trinajstić information content (AvgIpc) is 2.45. The minimum atomic E-state index is -0.389. The van der Waals surface area contributed by atoms with Crippen molar-refractivity contribution < 1.29 is 4.92 Å². The van der Waals surface area contributed by atoms with E-state index in [1.54, 1.807) is 6.07 Å². The molecule has 0 bridgehead atoms. The van der Waals surface area contributed by atoms with Crippen molar-refractivity contribution in [1.29, 1.82) is 0 Å². The normalized spacial score (nSPS) is 17.7. The molecular weight excluding hydrogens is 256 g/mol. The maximum atomic E-state index is 11.0. The number of likely N-dealkylation sites (tertiary alicyclic amines) is 1. The van der Waals surface area contributed by atoms with Crippen LogP contribution in [-0.2, 0) is 0 Å². The quantitative estimate of drug-likeness (QED) is 0.662. The highest BCUT2D eigenvalue weighted by molar-refractivity contribution is 5.56. The monoisotopic (exact) mass is 278 g/mol. The number of nitrogens with one attached hydrogen (secondary N) is 1. The standard InChI is InChI=1S/C14H22N4O2/c1-11-6-7-13(18(19)20)14(16-11)15-10-12(2)17-8-4-3-5-9-17/h6-7,12H,3-5,8-10H2,1-2H3,(H,15,16). The zero-order valence-electron chi connectivity index (χ0n) is 12.1. The summed E-state index contributed by atoms with van der Waals surface area (Å²) >= 11 is 0. The first kappa shape index (κ1) is 14.7. The van der Waals surface area contributed by atoms with Gasteiger partial charge in [0.15, 0.2) is 0 Å². The van der Waals surface area contributed by atoms with Crippen LogP contribution in [0, 0.1) is 17.0 Å². The van der Waals surface area contributed by atoms with Crippen LogP contribution in [0.25, 0.3) is 0 Å². The summed E-state index contributed by atoms with van der Waals surface area (Å²) in [6.07, 6.45) is 3.79. The summed E-state index contributed by atoms with van der Waals surface area (Å²) in [6.45, 7) is 6.90. The Balaban J connectivity index is 1.99. The molecule has 1 atom stereocenters. The van der Waals surface area contributed by atoms with Gasteiger partial charge >= 0.3 is 5.69 Å². The van der Waals surface area contributed by atoms with E-state index in [2.05, 4.69) is 22.1 Å². The first-order valence-corrected chi connectivity index (χ1v) is 7.18. The Kier molecular flexibility index (Phi) is 4.89. The van der Waals surface area contributed by atoms with Gasteiger partial charge in [0, 0.05) is 24.3 Å². The molecule has 0 saturated carbocycles. The van der Waals surface area contributed by atoms with Crippen LogP contribution in [0.4, 0.5) is 11.5 Å². The third-order valence-electron chi connectivity index (χ3n) is 3.79. The zero-order valence-corrected chi connectivity index (χ0v) is 12.1. The van der Waals surface area contributed by atoms with Gasteiger partial charge in [0.2, 0.25) is 5.82 Å². The number of rotatable bonds is 5. The lowest BCUT2D eigenvalue weighted by Crippen LogP contribution is -2.41. The van der Waals surface area contributed by atoms with Crippen LogP contribution in [0.15, 0.2) is 12.1 Å². The summed E-state index contributed by atoms with van der Waals surface area (Å²) in [5, 5.41) is 14.1. The lowest BCUT2D eigenvalue weighted by Gasteiger charge is -2.32. The molecule has 2 heterocycles. The number of aryl methyl sites for hydroxylation is 1. The second kappa shape index (κ2) is 6.65. The Morgan fingerprint density at radius 3 is 2.75 bits per heavy atom. The summed E-state index contributed by atoms with van der Waals surface area (Å²) in [4.78, 5) is 17.3. The highest BCUT2D eigenvalue weighted by Gasteiger charge is 2.19. The molecule has 6 heteroatoms. The van der Waals surface area contributed by atoms with Gasteiger partial charge in [-0.1, -0.05) is 6.42 Å². The topological polar surface area (TPSA) is 71.3 Å². The van der Waals surface area contributed by atoms with Gasteiger partial charge in [-0.15, -0.1) is 0 Å². The van der Waals surface area contributed by atoms with Gasteiger partial charge < -0.3 is 5.32 Å². The molecule has 2 rings (SSSR count). The molecule has 110 valence electrons. The first-order chi connectivity index (χ1) is 9.58. The van der Waals surface area contributed by atoms with Crippen molar-refractivity contribution in [3.63, 3.8) is 0 Å². The minimum Gasteiger partial charge on any atom is -0.363 e. The Morgan fingerprint density at radius 1 is 1.40 bits per heavy atom. The van der Waals surface area contributed by atoms with Gasteiger partial charge in [-0.3, -0.25) is 15.0 Å². The number of pyridine rings is 1. The lowest BCUT2D eigenvalue weighted by molar-refractivity contribution is -0.384. The van der Waals surface area contributed by atoms with Crippen molar-refractivity contribution in [1.82, 2.24) is 9.88 Å². The van der Waals surface area contributed by atoms with Crippen molar-refractivity contribution in [2.24, 2.45) is 0 Å². The van der Waals surface area contributed by atoms with Crippen LogP contribution >= 0.6 is 0 Å². The highest BCUT2D eigenvalue weighted by Crippen LogP contribution is 2.22. The number of aromatic nitrogens is 1. The van der Waals surface area contributed by atoms with Gasteiger partial charge in [-0.25, -0.2) is 4.98 Å². The van der Waals surface area contributed by atoms with Gasteiger partial charge in [-0.2, -0.15) is 0 Å². The molecule has 6 nitrogen and oxygen atoms in total. The molecule has 1 unspecified atom stereocenters. The zero-order chi connectivity index (χ0) is 14.5. The van der Waals surface area contributed by atoms with Crippen LogP contribution < -0.4 is 5.32 Å². The van der Waals surface area contributed by atoms with Gasteiger partial charge in [0.1, 0.15) is 0 Å². The summed E-state index contributed by atoms with van der Waals surface area (Å²) < 4.78 is 0. The van der Waals surface area contributed by atoms with Crippen LogP contribution in [0.3, 0.4) is 0 Å². The SMILES string of the molecule is Cc1ccc([N+](=O)[O-])c(NCC(C)N2CCCCC2)n1. The number of hydrogen-bond donors (Lipinski definition) is 1. The van der Waals surface area contributed by atoms with E-state index in [9.17, 15) is 10.1 Å². The van der Waals surface area contributed by atoms with Crippen LogP contribution in [-0.4, -0.2) is 40.5 Å². The number of hydrogen-bond acceptors (Lipinski definition) is 5. The molecule has 1 fully saturated rings. The number of anilines is 1.